The van der Waals surface area contributed by atoms with Gasteiger partial charge in [-0.1, -0.05) is 0 Å². The second-order valence-electron chi connectivity index (χ2n) is 5.15. The number of carbonyl (C=O) groups is 2. The Kier molecular flexibility index (Phi) is 3.56. The number of cyclic esters (lactones) is 1. The van der Waals surface area contributed by atoms with Crippen LogP contribution in [0.2, 0.25) is 0 Å². The van der Waals surface area contributed by atoms with Gasteiger partial charge in [-0.2, -0.15) is 0 Å². The number of nitrogens with zero attached hydrogens (tertiary/aromatic N) is 3. The fourth-order valence-corrected chi connectivity index (χ4v) is 2.80. The van der Waals surface area contributed by atoms with Gasteiger partial charge in [-0.25, -0.2) is 4.79 Å². The predicted octanol–water partition coefficient (Wildman–Crippen LogP) is -1.02. The maximum atomic E-state index is 12.1. The van der Waals surface area contributed by atoms with Gasteiger partial charge in [-0.05, 0) is 0 Å². The SMILES string of the molecule is O=C(CN1CCN2C(=O)OCC2C1)N1CCOCC1. The molecule has 0 aromatic carbocycles. The van der Waals surface area contributed by atoms with Crippen molar-refractivity contribution < 1.29 is 19.1 Å². The Hall–Kier alpha value is -1.34. The second kappa shape index (κ2) is 5.34. The summed E-state index contributed by atoms with van der Waals surface area (Å²) in [7, 11) is 0. The normalized spacial score (nSPS) is 28.2. The van der Waals surface area contributed by atoms with Gasteiger partial charge in [0.15, 0.2) is 0 Å². The molecule has 0 radical (unpaired) electrons. The molecule has 7 nitrogen and oxygen atoms in total. The number of hydrogen-bond donors (Lipinski definition) is 0. The van der Waals surface area contributed by atoms with E-state index in [4.69, 9.17) is 9.47 Å². The highest BCUT2D eigenvalue weighted by Gasteiger charge is 2.37. The van der Waals surface area contributed by atoms with Crippen molar-refractivity contribution in [2.24, 2.45) is 0 Å². The summed E-state index contributed by atoms with van der Waals surface area (Å²) in [6.45, 7) is 5.62. The lowest BCUT2D eigenvalue weighted by Gasteiger charge is -2.36. The van der Waals surface area contributed by atoms with Crippen molar-refractivity contribution in [1.82, 2.24) is 14.7 Å². The average molecular weight is 269 g/mol. The Morgan fingerprint density at radius 1 is 1.21 bits per heavy atom. The van der Waals surface area contributed by atoms with Crippen LogP contribution in [0.1, 0.15) is 0 Å². The molecule has 3 heterocycles. The molecule has 3 fully saturated rings. The largest absolute Gasteiger partial charge is 0.447 e. The molecule has 0 spiro atoms. The summed E-state index contributed by atoms with van der Waals surface area (Å²) in [6.07, 6.45) is -0.218. The molecule has 3 saturated heterocycles. The molecule has 0 saturated carbocycles. The summed E-state index contributed by atoms with van der Waals surface area (Å²) in [5.41, 5.74) is 0. The van der Waals surface area contributed by atoms with Crippen molar-refractivity contribution in [1.29, 1.82) is 0 Å². The summed E-state index contributed by atoms with van der Waals surface area (Å²) in [5, 5.41) is 0. The average Bonchev–Trinajstić information content (AvgIpc) is 2.81. The summed E-state index contributed by atoms with van der Waals surface area (Å²) >= 11 is 0. The molecule has 19 heavy (non-hydrogen) atoms. The maximum absolute atomic E-state index is 12.1. The van der Waals surface area contributed by atoms with Crippen LogP contribution in [0.15, 0.2) is 0 Å². The summed E-state index contributed by atoms with van der Waals surface area (Å²) in [5.74, 6) is 0.155. The van der Waals surface area contributed by atoms with E-state index in [2.05, 4.69) is 4.90 Å². The summed E-state index contributed by atoms with van der Waals surface area (Å²) in [6, 6.07) is 0.110. The van der Waals surface area contributed by atoms with Crippen LogP contribution < -0.4 is 0 Å². The minimum atomic E-state index is -0.218. The quantitative estimate of drug-likeness (QED) is 0.642. The van der Waals surface area contributed by atoms with Gasteiger partial charge in [0.25, 0.3) is 0 Å². The van der Waals surface area contributed by atoms with Crippen molar-refractivity contribution in [2.75, 3.05) is 59.1 Å². The first kappa shape index (κ1) is 12.7. The van der Waals surface area contributed by atoms with Crippen LogP contribution >= 0.6 is 0 Å². The highest BCUT2D eigenvalue weighted by Crippen LogP contribution is 2.17. The van der Waals surface area contributed by atoms with E-state index in [9.17, 15) is 9.59 Å². The van der Waals surface area contributed by atoms with Crippen LogP contribution in [0.4, 0.5) is 4.79 Å². The van der Waals surface area contributed by atoms with E-state index < -0.39 is 0 Å². The number of morpholine rings is 1. The van der Waals surface area contributed by atoms with Crippen LogP contribution in [0.3, 0.4) is 0 Å². The van der Waals surface area contributed by atoms with Crippen LogP contribution in [0.25, 0.3) is 0 Å². The lowest BCUT2D eigenvalue weighted by Crippen LogP contribution is -2.55. The Bertz CT molecular complexity index is 370. The minimum Gasteiger partial charge on any atom is -0.447 e. The van der Waals surface area contributed by atoms with E-state index in [0.717, 1.165) is 13.1 Å². The molecule has 3 aliphatic heterocycles. The third-order valence-corrected chi connectivity index (χ3v) is 3.92. The van der Waals surface area contributed by atoms with E-state index in [1.807, 2.05) is 4.90 Å². The zero-order valence-corrected chi connectivity index (χ0v) is 10.9. The van der Waals surface area contributed by atoms with Crippen molar-refractivity contribution >= 4 is 12.0 Å². The number of ether oxygens (including phenoxy) is 2. The zero-order chi connectivity index (χ0) is 13.2. The Morgan fingerprint density at radius 3 is 2.79 bits per heavy atom. The fourth-order valence-electron chi connectivity index (χ4n) is 2.80. The highest BCUT2D eigenvalue weighted by molar-refractivity contribution is 5.78. The van der Waals surface area contributed by atoms with Crippen molar-refractivity contribution in [3.63, 3.8) is 0 Å². The van der Waals surface area contributed by atoms with Crippen LogP contribution in [-0.4, -0.2) is 91.8 Å². The van der Waals surface area contributed by atoms with E-state index >= 15 is 0 Å². The van der Waals surface area contributed by atoms with E-state index in [0.29, 0.717) is 46.0 Å². The van der Waals surface area contributed by atoms with Crippen LogP contribution in [-0.2, 0) is 14.3 Å². The van der Waals surface area contributed by atoms with Crippen molar-refractivity contribution in [3.05, 3.63) is 0 Å². The number of hydrogen-bond acceptors (Lipinski definition) is 5. The van der Waals surface area contributed by atoms with Crippen LogP contribution in [0.5, 0.6) is 0 Å². The number of amides is 2. The van der Waals surface area contributed by atoms with E-state index in [-0.39, 0.29) is 18.0 Å². The smallest absolute Gasteiger partial charge is 0.410 e. The molecule has 2 amide bonds. The number of rotatable bonds is 2. The molecule has 1 unspecified atom stereocenters. The third kappa shape index (κ3) is 2.66. The zero-order valence-electron chi connectivity index (χ0n) is 10.9. The number of piperazine rings is 1. The number of fused-ring (bicyclic) bond motifs is 1. The van der Waals surface area contributed by atoms with Gasteiger partial charge in [-0.15, -0.1) is 0 Å². The first-order chi connectivity index (χ1) is 9.24. The van der Waals surface area contributed by atoms with Gasteiger partial charge in [0.2, 0.25) is 5.91 Å². The van der Waals surface area contributed by atoms with E-state index in [1.54, 1.807) is 4.90 Å². The highest BCUT2D eigenvalue weighted by atomic mass is 16.6. The first-order valence-corrected chi connectivity index (χ1v) is 6.75. The third-order valence-electron chi connectivity index (χ3n) is 3.92. The lowest BCUT2D eigenvalue weighted by atomic mass is 10.2. The van der Waals surface area contributed by atoms with Crippen molar-refractivity contribution in [2.45, 2.75) is 6.04 Å². The molecule has 1 atom stereocenters. The fraction of sp³-hybridized carbons (Fsp3) is 0.833. The molecule has 0 aromatic heterocycles. The minimum absolute atomic E-state index is 0.110. The predicted molar refractivity (Wildman–Crippen MR) is 65.7 cm³/mol. The molecule has 0 aromatic rings. The van der Waals surface area contributed by atoms with Gasteiger partial charge < -0.3 is 14.4 Å². The summed E-state index contributed by atoms with van der Waals surface area (Å²) < 4.78 is 10.3. The standard InChI is InChI=1S/C12H19N3O4/c16-11(14-3-5-18-6-4-14)8-13-1-2-15-10(7-13)9-19-12(15)17/h10H,1-9H2. The molecule has 0 aliphatic carbocycles. The molecular formula is C12H19N3O4. The van der Waals surface area contributed by atoms with Crippen molar-refractivity contribution in [3.8, 4) is 0 Å². The van der Waals surface area contributed by atoms with E-state index in [1.165, 1.54) is 0 Å². The Morgan fingerprint density at radius 2 is 2.00 bits per heavy atom. The Labute approximate surface area is 112 Å². The van der Waals surface area contributed by atoms with Crippen LogP contribution in [0, 0.1) is 0 Å². The molecule has 3 aliphatic rings. The maximum Gasteiger partial charge on any atom is 0.410 e. The topological polar surface area (TPSA) is 62.3 Å². The molecule has 0 N–H and O–H groups in total. The molecule has 106 valence electrons. The molecular weight excluding hydrogens is 250 g/mol. The van der Waals surface area contributed by atoms with Gasteiger partial charge in [-0.3, -0.25) is 14.6 Å². The van der Waals surface area contributed by atoms with Gasteiger partial charge in [0, 0.05) is 32.7 Å². The van der Waals surface area contributed by atoms with Gasteiger partial charge >= 0.3 is 6.09 Å². The first-order valence-electron chi connectivity index (χ1n) is 6.75. The van der Waals surface area contributed by atoms with Gasteiger partial charge in [0.05, 0.1) is 25.8 Å². The molecule has 7 heteroatoms. The lowest BCUT2D eigenvalue weighted by molar-refractivity contribution is -0.137. The second-order valence-corrected chi connectivity index (χ2v) is 5.15. The Balaban J connectivity index is 1.50. The molecule has 3 rings (SSSR count). The monoisotopic (exact) mass is 269 g/mol. The number of carbonyl (C=O) groups excluding carboxylic acids is 2. The van der Waals surface area contributed by atoms with Gasteiger partial charge in [0.1, 0.15) is 6.61 Å². The summed E-state index contributed by atoms with van der Waals surface area (Å²) in [4.78, 5) is 29.2. The molecule has 0 bridgehead atoms.